The van der Waals surface area contributed by atoms with Crippen LogP contribution < -0.4 is 5.73 Å². The van der Waals surface area contributed by atoms with Gasteiger partial charge < -0.3 is 5.73 Å². The van der Waals surface area contributed by atoms with Crippen LogP contribution in [0.1, 0.15) is 20.8 Å². The topological polar surface area (TPSA) is 26.0 Å². The molecule has 1 heteroatoms. The Morgan fingerprint density at radius 2 is 1.72 bits per heavy atom. The molecule has 0 spiro atoms. The zero-order chi connectivity index (χ0) is 14.1. The van der Waals surface area contributed by atoms with Crippen LogP contribution in [0.15, 0.2) is 84.2 Å². The molecule has 0 saturated carbocycles. The standard InChI is InChI=1S/C17H23N/c1-7-11-16(14(9-3)13(5)6)15(10-4)17(18)12-8-2/h7-12H,2-3,5,18H2,1,4,6H3/b11-7?,15-10-,16-14+,17-12+. The van der Waals surface area contributed by atoms with E-state index < -0.39 is 0 Å². The zero-order valence-electron chi connectivity index (χ0n) is 11.7. The van der Waals surface area contributed by atoms with Crippen molar-refractivity contribution in [2.75, 3.05) is 0 Å². The molecule has 0 heterocycles. The normalized spacial score (nSPS) is 14.4. The fraction of sp³-hybridized carbons (Fsp3) is 0.176. The van der Waals surface area contributed by atoms with Gasteiger partial charge in [0.2, 0.25) is 0 Å². The minimum absolute atomic E-state index is 0.682. The van der Waals surface area contributed by atoms with Crippen molar-refractivity contribution in [2.24, 2.45) is 5.73 Å². The van der Waals surface area contributed by atoms with Gasteiger partial charge in [-0.25, -0.2) is 0 Å². The summed E-state index contributed by atoms with van der Waals surface area (Å²) in [5, 5.41) is 0. The van der Waals surface area contributed by atoms with Gasteiger partial charge in [0, 0.05) is 11.3 Å². The summed E-state index contributed by atoms with van der Waals surface area (Å²) in [6, 6.07) is 0. The van der Waals surface area contributed by atoms with Crippen LogP contribution in [0.2, 0.25) is 0 Å². The first-order chi connectivity index (χ1) is 8.53. The Morgan fingerprint density at radius 1 is 1.11 bits per heavy atom. The summed E-state index contributed by atoms with van der Waals surface area (Å²) in [6.07, 6.45) is 11.3. The van der Waals surface area contributed by atoms with Crippen LogP contribution in [0.5, 0.6) is 0 Å². The molecule has 0 aromatic carbocycles. The molecule has 0 aromatic heterocycles. The smallest absolute Gasteiger partial charge is 0.0390 e. The lowest BCUT2D eigenvalue weighted by Gasteiger charge is -2.13. The molecule has 0 fully saturated rings. The van der Waals surface area contributed by atoms with Crippen molar-refractivity contribution in [3.8, 4) is 0 Å². The molecule has 0 atom stereocenters. The van der Waals surface area contributed by atoms with Crippen molar-refractivity contribution in [3.05, 3.63) is 84.2 Å². The Bertz CT molecular complexity index is 454. The van der Waals surface area contributed by atoms with E-state index in [0.29, 0.717) is 5.70 Å². The molecule has 0 saturated heterocycles. The molecule has 0 radical (unpaired) electrons. The summed E-state index contributed by atoms with van der Waals surface area (Å²) < 4.78 is 0. The molecule has 0 aliphatic heterocycles. The predicted molar refractivity (Wildman–Crippen MR) is 83.1 cm³/mol. The number of rotatable bonds is 6. The van der Waals surface area contributed by atoms with Crippen LogP contribution in [-0.4, -0.2) is 0 Å². The summed E-state index contributed by atoms with van der Waals surface area (Å²) >= 11 is 0. The molecule has 0 bridgehead atoms. The molecular weight excluding hydrogens is 218 g/mol. The van der Waals surface area contributed by atoms with E-state index in [1.165, 1.54) is 0 Å². The Morgan fingerprint density at radius 3 is 2.06 bits per heavy atom. The van der Waals surface area contributed by atoms with Crippen LogP contribution in [0, 0.1) is 0 Å². The highest BCUT2D eigenvalue weighted by atomic mass is 14.6. The summed E-state index contributed by atoms with van der Waals surface area (Å²) in [5.74, 6) is 0. The summed E-state index contributed by atoms with van der Waals surface area (Å²) in [4.78, 5) is 0. The third kappa shape index (κ3) is 4.10. The average Bonchev–Trinajstić information content (AvgIpc) is 2.30. The van der Waals surface area contributed by atoms with Crippen LogP contribution in [0.4, 0.5) is 0 Å². The Balaban J connectivity index is 6.05. The second-order valence-corrected chi connectivity index (χ2v) is 3.87. The molecule has 0 amide bonds. The Labute approximate surface area is 111 Å². The monoisotopic (exact) mass is 241 g/mol. The lowest BCUT2D eigenvalue weighted by atomic mass is 9.93. The van der Waals surface area contributed by atoms with Gasteiger partial charge in [0.1, 0.15) is 0 Å². The van der Waals surface area contributed by atoms with Crippen LogP contribution in [-0.2, 0) is 0 Å². The van der Waals surface area contributed by atoms with Gasteiger partial charge in [-0.1, -0.05) is 55.7 Å². The minimum Gasteiger partial charge on any atom is -0.398 e. The Hall–Kier alpha value is -2.02. The van der Waals surface area contributed by atoms with E-state index in [9.17, 15) is 0 Å². The quantitative estimate of drug-likeness (QED) is 0.676. The van der Waals surface area contributed by atoms with Crippen LogP contribution >= 0.6 is 0 Å². The number of allylic oxidation sites excluding steroid dienone is 9. The molecule has 0 unspecified atom stereocenters. The third-order valence-corrected chi connectivity index (χ3v) is 2.47. The van der Waals surface area contributed by atoms with Crippen molar-refractivity contribution in [1.82, 2.24) is 0 Å². The maximum absolute atomic E-state index is 6.05. The third-order valence-electron chi connectivity index (χ3n) is 2.47. The molecular formula is C17H23N. The molecule has 2 N–H and O–H groups in total. The molecule has 96 valence electrons. The highest BCUT2D eigenvalue weighted by Crippen LogP contribution is 2.25. The van der Waals surface area contributed by atoms with Gasteiger partial charge in [0.15, 0.2) is 0 Å². The van der Waals surface area contributed by atoms with Gasteiger partial charge in [0.25, 0.3) is 0 Å². The van der Waals surface area contributed by atoms with Crippen molar-refractivity contribution in [2.45, 2.75) is 20.8 Å². The van der Waals surface area contributed by atoms with E-state index in [1.807, 2.05) is 45.1 Å². The van der Waals surface area contributed by atoms with E-state index in [-0.39, 0.29) is 0 Å². The first-order valence-corrected chi connectivity index (χ1v) is 5.93. The molecule has 0 aliphatic carbocycles. The van der Waals surface area contributed by atoms with Gasteiger partial charge in [-0.15, -0.1) is 0 Å². The number of hydrogen-bond acceptors (Lipinski definition) is 1. The predicted octanol–water partition coefficient (Wildman–Crippen LogP) is 4.60. The van der Waals surface area contributed by atoms with E-state index in [2.05, 4.69) is 19.7 Å². The van der Waals surface area contributed by atoms with Crippen LogP contribution in [0.3, 0.4) is 0 Å². The maximum Gasteiger partial charge on any atom is 0.0390 e. The highest BCUT2D eigenvalue weighted by Gasteiger charge is 2.09. The fourth-order valence-electron chi connectivity index (χ4n) is 1.70. The van der Waals surface area contributed by atoms with Gasteiger partial charge in [-0.3, -0.25) is 0 Å². The number of nitrogens with two attached hydrogens (primary N) is 1. The van der Waals surface area contributed by atoms with Crippen molar-refractivity contribution in [1.29, 1.82) is 0 Å². The van der Waals surface area contributed by atoms with Crippen molar-refractivity contribution in [3.63, 3.8) is 0 Å². The number of hydrogen-bond donors (Lipinski definition) is 1. The van der Waals surface area contributed by atoms with Gasteiger partial charge >= 0.3 is 0 Å². The highest BCUT2D eigenvalue weighted by molar-refractivity contribution is 5.59. The second kappa shape index (κ2) is 8.13. The summed E-state index contributed by atoms with van der Waals surface area (Å²) in [6.45, 7) is 17.4. The second-order valence-electron chi connectivity index (χ2n) is 3.87. The average molecular weight is 241 g/mol. The summed E-state index contributed by atoms with van der Waals surface area (Å²) in [5.41, 5.74) is 10.7. The minimum atomic E-state index is 0.682. The van der Waals surface area contributed by atoms with Crippen molar-refractivity contribution >= 4 is 0 Å². The largest absolute Gasteiger partial charge is 0.398 e. The van der Waals surface area contributed by atoms with Crippen LogP contribution in [0.25, 0.3) is 0 Å². The maximum atomic E-state index is 6.05. The fourth-order valence-corrected chi connectivity index (χ4v) is 1.70. The first kappa shape index (κ1) is 16.0. The van der Waals surface area contributed by atoms with Gasteiger partial charge in [-0.2, -0.15) is 0 Å². The SMILES string of the molecule is C=C\C=C(N)/C(=C\C)C(/C=CC)=C(\C=C)C(=C)C. The van der Waals surface area contributed by atoms with E-state index in [1.54, 1.807) is 12.2 Å². The molecule has 0 rings (SSSR count). The van der Waals surface area contributed by atoms with Gasteiger partial charge in [0.05, 0.1) is 0 Å². The first-order valence-electron chi connectivity index (χ1n) is 5.93. The van der Waals surface area contributed by atoms with Gasteiger partial charge in [-0.05, 0) is 38.0 Å². The van der Waals surface area contributed by atoms with E-state index in [0.717, 1.165) is 22.3 Å². The van der Waals surface area contributed by atoms with E-state index in [4.69, 9.17) is 5.73 Å². The lowest BCUT2D eigenvalue weighted by Crippen LogP contribution is -2.04. The summed E-state index contributed by atoms with van der Waals surface area (Å²) in [7, 11) is 0. The molecule has 0 aliphatic rings. The molecule has 18 heavy (non-hydrogen) atoms. The van der Waals surface area contributed by atoms with E-state index >= 15 is 0 Å². The molecule has 0 aromatic rings. The lowest BCUT2D eigenvalue weighted by molar-refractivity contribution is 1.27. The molecule has 1 nitrogen and oxygen atoms in total. The Kier molecular flexibility index (Phi) is 7.22. The van der Waals surface area contributed by atoms with Crippen molar-refractivity contribution < 1.29 is 0 Å². The zero-order valence-corrected chi connectivity index (χ0v) is 11.7.